The molecular weight excluding hydrogens is 344 g/mol. The summed E-state index contributed by atoms with van der Waals surface area (Å²) in [6, 6.07) is 12.7. The van der Waals surface area contributed by atoms with Crippen LogP contribution in [0.4, 0.5) is 21.9 Å². The highest BCUT2D eigenvalue weighted by Gasteiger charge is 2.17. The molecule has 1 saturated heterocycles. The zero-order chi connectivity index (χ0) is 18.6. The SMILES string of the molecule is COc1ccccc1NC(=O)Nc1cc(N2CCNCC2)c2occc2c1. The van der Waals surface area contributed by atoms with Gasteiger partial charge < -0.3 is 30.0 Å². The van der Waals surface area contributed by atoms with Crippen molar-refractivity contribution in [3.63, 3.8) is 0 Å². The summed E-state index contributed by atoms with van der Waals surface area (Å²) in [6.07, 6.45) is 1.68. The minimum atomic E-state index is -0.325. The van der Waals surface area contributed by atoms with Crippen LogP contribution in [0.3, 0.4) is 0 Å². The monoisotopic (exact) mass is 366 g/mol. The van der Waals surface area contributed by atoms with Crippen LogP contribution in [0.15, 0.2) is 53.1 Å². The second-order valence-corrected chi connectivity index (χ2v) is 6.35. The summed E-state index contributed by atoms with van der Waals surface area (Å²) in [5, 5.41) is 10.0. The summed E-state index contributed by atoms with van der Waals surface area (Å²) >= 11 is 0. The minimum Gasteiger partial charge on any atom is -0.495 e. The summed E-state index contributed by atoms with van der Waals surface area (Å²) in [5.41, 5.74) is 3.16. The van der Waals surface area contributed by atoms with Crippen molar-refractivity contribution < 1.29 is 13.9 Å². The summed E-state index contributed by atoms with van der Waals surface area (Å²) in [5.74, 6) is 0.611. The molecule has 0 bridgehead atoms. The van der Waals surface area contributed by atoms with Crippen LogP contribution < -0.4 is 25.6 Å². The number of urea groups is 1. The number of rotatable bonds is 4. The number of nitrogens with one attached hydrogen (secondary N) is 3. The van der Waals surface area contributed by atoms with Crippen molar-refractivity contribution in [3.8, 4) is 5.75 Å². The molecule has 1 aromatic heterocycles. The smallest absolute Gasteiger partial charge is 0.323 e. The lowest BCUT2D eigenvalue weighted by molar-refractivity contribution is 0.262. The molecule has 0 atom stereocenters. The Morgan fingerprint density at radius 1 is 1.15 bits per heavy atom. The van der Waals surface area contributed by atoms with Crippen molar-refractivity contribution in [2.75, 3.05) is 48.8 Å². The summed E-state index contributed by atoms with van der Waals surface area (Å²) in [6.45, 7) is 3.64. The first-order valence-electron chi connectivity index (χ1n) is 8.92. The predicted molar refractivity (Wildman–Crippen MR) is 107 cm³/mol. The molecule has 0 aliphatic carbocycles. The average Bonchev–Trinajstić information content (AvgIpc) is 3.17. The van der Waals surface area contributed by atoms with Gasteiger partial charge in [0, 0.05) is 37.3 Å². The van der Waals surface area contributed by atoms with Gasteiger partial charge >= 0.3 is 6.03 Å². The van der Waals surface area contributed by atoms with Crippen molar-refractivity contribution in [1.29, 1.82) is 0 Å². The van der Waals surface area contributed by atoms with Crippen molar-refractivity contribution >= 4 is 34.1 Å². The number of benzene rings is 2. The van der Waals surface area contributed by atoms with E-state index in [1.165, 1.54) is 0 Å². The largest absolute Gasteiger partial charge is 0.495 e. The molecule has 0 unspecified atom stereocenters. The molecule has 7 nitrogen and oxygen atoms in total. The zero-order valence-electron chi connectivity index (χ0n) is 15.1. The van der Waals surface area contributed by atoms with Gasteiger partial charge in [-0.3, -0.25) is 0 Å². The van der Waals surface area contributed by atoms with Crippen LogP contribution in [-0.2, 0) is 0 Å². The lowest BCUT2D eigenvalue weighted by Gasteiger charge is -2.29. The van der Waals surface area contributed by atoms with E-state index in [4.69, 9.17) is 9.15 Å². The zero-order valence-corrected chi connectivity index (χ0v) is 15.1. The maximum Gasteiger partial charge on any atom is 0.323 e. The maximum atomic E-state index is 12.5. The number of para-hydroxylation sites is 2. The summed E-state index contributed by atoms with van der Waals surface area (Å²) in [7, 11) is 1.57. The van der Waals surface area contributed by atoms with Crippen molar-refractivity contribution in [3.05, 3.63) is 48.7 Å². The van der Waals surface area contributed by atoms with Crippen LogP contribution >= 0.6 is 0 Å². The number of fused-ring (bicyclic) bond motifs is 1. The normalized spacial score (nSPS) is 14.2. The number of amides is 2. The first kappa shape index (κ1) is 17.2. The number of carbonyl (C=O) groups is 1. The Balaban J connectivity index is 1.57. The van der Waals surface area contributed by atoms with E-state index in [1.54, 1.807) is 25.5 Å². The molecule has 0 spiro atoms. The fourth-order valence-corrected chi connectivity index (χ4v) is 3.31. The van der Waals surface area contributed by atoms with E-state index in [1.807, 2.05) is 30.3 Å². The lowest BCUT2D eigenvalue weighted by Crippen LogP contribution is -2.43. The molecule has 3 N–H and O–H groups in total. The van der Waals surface area contributed by atoms with Gasteiger partial charge in [0.05, 0.1) is 24.7 Å². The van der Waals surface area contributed by atoms with E-state index in [9.17, 15) is 4.79 Å². The number of piperazine rings is 1. The molecule has 1 aliphatic heterocycles. The van der Waals surface area contributed by atoms with Gasteiger partial charge in [0.2, 0.25) is 0 Å². The van der Waals surface area contributed by atoms with Gasteiger partial charge in [0.15, 0.2) is 5.58 Å². The summed E-state index contributed by atoms with van der Waals surface area (Å²) < 4.78 is 11.0. The van der Waals surface area contributed by atoms with Crippen LogP contribution in [-0.4, -0.2) is 39.3 Å². The predicted octanol–water partition coefficient (Wildman–Crippen LogP) is 3.50. The van der Waals surface area contributed by atoms with E-state index in [0.717, 1.165) is 42.8 Å². The highest BCUT2D eigenvalue weighted by molar-refractivity contribution is 6.03. The fraction of sp³-hybridized carbons (Fsp3) is 0.250. The van der Waals surface area contributed by atoms with Gasteiger partial charge in [-0.1, -0.05) is 12.1 Å². The topological polar surface area (TPSA) is 78.8 Å². The quantitative estimate of drug-likeness (QED) is 0.659. The van der Waals surface area contributed by atoms with Crippen molar-refractivity contribution in [2.45, 2.75) is 0 Å². The molecule has 4 rings (SSSR count). The minimum absolute atomic E-state index is 0.325. The molecule has 0 saturated carbocycles. The molecule has 27 heavy (non-hydrogen) atoms. The highest BCUT2D eigenvalue weighted by atomic mass is 16.5. The number of hydrogen-bond acceptors (Lipinski definition) is 5. The Labute approximate surface area is 157 Å². The molecule has 1 fully saturated rings. The third-order valence-electron chi connectivity index (χ3n) is 4.60. The van der Waals surface area contributed by atoms with E-state index < -0.39 is 0 Å². The van der Waals surface area contributed by atoms with Crippen LogP contribution in [0, 0.1) is 0 Å². The van der Waals surface area contributed by atoms with Gasteiger partial charge in [-0.15, -0.1) is 0 Å². The Morgan fingerprint density at radius 2 is 1.96 bits per heavy atom. The van der Waals surface area contributed by atoms with E-state index in [-0.39, 0.29) is 6.03 Å². The van der Waals surface area contributed by atoms with E-state index >= 15 is 0 Å². The number of nitrogens with zero attached hydrogens (tertiary/aromatic N) is 1. The van der Waals surface area contributed by atoms with Gasteiger partial charge in [-0.2, -0.15) is 0 Å². The Bertz CT molecular complexity index is 947. The third-order valence-corrected chi connectivity index (χ3v) is 4.60. The molecule has 7 heteroatoms. The van der Waals surface area contributed by atoms with Gasteiger partial charge in [0.25, 0.3) is 0 Å². The van der Waals surface area contributed by atoms with Crippen molar-refractivity contribution in [1.82, 2.24) is 5.32 Å². The Kier molecular flexibility index (Phi) is 4.84. The van der Waals surface area contributed by atoms with Crippen molar-refractivity contribution in [2.24, 2.45) is 0 Å². The number of hydrogen-bond donors (Lipinski definition) is 3. The molecule has 2 amide bonds. The number of ether oxygens (including phenoxy) is 1. The number of anilines is 3. The van der Waals surface area contributed by atoms with Crippen LogP contribution in [0.25, 0.3) is 11.0 Å². The molecule has 2 heterocycles. The van der Waals surface area contributed by atoms with Crippen LogP contribution in [0.2, 0.25) is 0 Å². The van der Waals surface area contributed by atoms with Crippen LogP contribution in [0.5, 0.6) is 5.75 Å². The Hall–Kier alpha value is -3.19. The van der Waals surface area contributed by atoms with Gasteiger partial charge in [-0.25, -0.2) is 4.79 Å². The molecule has 3 aromatic rings. The number of furan rings is 1. The molecular formula is C20H22N4O3. The third kappa shape index (κ3) is 3.68. The fourth-order valence-electron chi connectivity index (χ4n) is 3.31. The highest BCUT2D eigenvalue weighted by Crippen LogP contribution is 2.32. The molecule has 0 radical (unpaired) electrons. The van der Waals surface area contributed by atoms with Crippen LogP contribution in [0.1, 0.15) is 0 Å². The second-order valence-electron chi connectivity index (χ2n) is 6.35. The molecule has 1 aliphatic rings. The lowest BCUT2D eigenvalue weighted by atomic mass is 10.1. The maximum absolute atomic E-state index is 12.5. The second kappa shape index (κ2) is 7.59. The molecule has 2 aromatic carbocycles. The van der Waals surface area contributed by atoms with Gasteiger partial charge in [0.1, 0.15) is 5.75 Å². The van der Waals surface area contributed by atoms with E-state index in [0.29, 0.717) is 17.1 Å². The first-order chi connectivity index (χ1) is 13.2. The van der Waals surface area contributed by atoms with E-state index in [2.05, 4.69) is 20.9 Å². The average molecular weight is 366 g/mol. The number of methoxy groups -OCH3 is 1. The van der Waals surface area contributed by atoms with Gasteiger partial charge in [-0.05, 0) is 30.3 Å². The number of carbonyl (C=O) groups excluding carboxylic acids is 1. The molecule has 140 valence electrons. The summed E-state index contributed by atoms with van der Waals surface area (Å²) in [4.78, 5) is 14.8. The standard InChI is InChI=1S/C20H22N4O3/c1-26-18-5-3-2-4-16(18)23-20(25)22-15-12-14-6-11-27-19(14)17(13-15)24-9-7-21-8-10-24/h2-6,11-13,21H,7-10H2,1H3,(H2,22,23,25). The first-order valence-corrected chi connectivity index (χ1v) is 8.92. The Morgan fingerprint density at radius 3 is 2.78 bits per heavy atom.